The summed E-state index contributed by atoms with van der Waals surface area (Å²) in [4.78, 5) is 14.3. The number of aromatic nitrogens is 2. The highest BCUT2D eigenvalue weighted by molar-refractivity contribution is 7.09. The van der Waals surface area contributed by atoms with Gasteiger partial charge in [0.1, 0.15) is 10.8 Å². The molecule has 0 fully saturated rings. The quantitative estimate of drug-likeness (QED) is 0.941. The van der Waals surface area contributed by atoms with Crippen molar-refractivity contribution in [3.8, 4) is 16.3 Å². The molecule has 2 aromatic rings. The Morgan fingerprint density at radius 1 is 1.26 bits per heavy atom. The molecule has 1 N–H and O–H groups in total. The van der Waals surface area contributed by atoms with Crippen molar-refractivity contribution in [2.24, 2.45) is 0 Å². The highest BCUT2D eigenvalue weighted by atomic mass is 32.1. The summed E-state index contributed by atoms with van der Waals surface area (Å²) in [5, 5.41) is 8.96. The predicted molar refractivity (Wildman–Crippen MR) is 59.0 cm³/mol. The molecule has 100 valence electrons. The molecular weight excluding hydrogens is 285 g/mol. The molecule has 0 aliphatic rings. The number of benzene rings is 1. The van der Waals surface area contributed by atoms with Gasteiger partial charge in [-0.15, -0.1) is 13.2 Å². The van der Waals surface area contributed by atoms with E-state index >= 15 is 0 Å². The van der Waals surface area contributed by atoms with E-state index in [4.69, 9.17) is 5.11 Å². The molecule has 0 unspecified atom stereocenters. The maximum absolute atomic E-state index is 11.9. The molecule has 1 heterocycles. The molecule has 0 radical (unpaired) electrons. The number of halogens is 3. The highest BCUT2D eigenvalue weighted by Crippen LogP contribution is 2.27. The second-order valence-electron chi connectivity index (χ2n) is 3.30. The second-order valence-corrected chi connectivity index (χ2v) is 4.05. The minimum absolute atomic E-state index is 0.302. The van der Waals surface area contributed by atoms with Gasteiger partial charge >= 0.3 is 12.3 Å². The molecule has 9 heteroatoms. The first-order chi connectivity index (χ1) is 8.85. The van der Waals surface area contributed by atoms with Crippen LogP contribution >= 0.6 is 11.5 Å². The Labute approximate surface area is 108 Å². The Hall–Kier alpha value is -2.16. The van der Waals surface area contributed by atoms with Crippen molar-refractivity contribution in [1.29, 1.82) is 0 Å². The molecular formula is C10H5F3N2O3S. The fourth-order valence-corrected chi connectivity index (χ4v) is 1.89. The van der Waals surface area contributed by atoms with Crippen LogP contribution in [0.3, 0.4) is 0 Å². The van der Waals surface area contributed by atoms with E-state index in [1.807, 2.05) is 0 Å². The number of hydrogen-bond donors (Lipinski definition) is 1. The third kappa shape index (κ3) is 3.41. The molecule has 0 aliphatic heterocycles. The number of alkyl halides is 3. The topological polar surface area (TPSA) is 72.3 Å². The van der Waals surface area contributed by atoms with Gasteiger partial charge in [-0.3, -0.25) is 0 Å². The van der Waals surface area contributed by atoms with Gasteiger partial charge in [0.25, 0.3) is 5.82 Å². The lowest BCUT2D eigenvalue weighted by Crippen LogP contribution is -2.16. The first-order valence-corrected chi connectivity index (χ1v) is 5.56. The SMILES string of the molecule is O=C(O)c1nsc(-c2ccc(OC(F)(F)F)cc2)n1. The van der Waals surface area contributed by atoms with Crippen molar-refractivity contribution in [2.45, 2.75) is 6.36 Å². The third-order valence-corrected chi connectivity index (χ3v) is 2.72. The average molecular weight is 290 g/mol. The molecule has 2 rings (SSSR count). The number of carboxylic acids is 1. The third-order valence-electron chi connectivity index (χ3n) is 1.95. The van der Waals surface area contributed by atoms with Crippen LogP contribution in [0.25, 0.3) is 10.6 Å². The summed E-state index contributed by atoms with van der Waals surface area (Å²) >= 11 is 0.845. The summed E-state index contributed by atoms with van der Waals surface area (Å²) in [6.07, 6.45) is -4.75. The summed E-state index contributed by atoms with van der Waals surface area (Å²) < 4.78 is 43.2. The van der Waals surface area contributed by atoms with E-state index in [1.54, 1.807) is 0 Å². The summed E-state index contributed by atoms with van der Waals surface area (Å²) in [7, 11) is 0. The molecule has 0 amide bonds. The maximum Gasteiger partial charge on any atom is 0.573 e. The maximum atomic E-state index is 11.9. The first-order valence-electron chi connectivity index (χ1n) is 4.78. The van der Waals surface area contributed by atoms with E-state index in [0.717, 1.165) is 23.7 Å². The number of carbonyl (C=O) groups is 1. The number of rotatable bonds is 3. The molecule has 0 bridgehead atoms. The van der Waals surface area contributed by atoms with Crippen molar-refractivity contribution in [3.63, 3.8) is 0 Å². The van der Waals surface area contributed by atoms with Gasteiger partial charge in [-0.25, -0.2) is 9.78 Å². The number of ether oxygens (including phenoxy) is 1. The number of carboxylic acid groups (broad SMARTS) is 1. The van der Waals surface area contributed by atoms with Crippen LogP contribution in [0.15, 0.2) is 24.3 Å². The summed E-state index contributed by atoms with van der Waals surface area (Å²) in [6, 6.07) is 4.91. The van der Waals surface area contributed by atoms with Crippen LogP contribution in [0.1, 0.15) is 10.6 Å². The van der Waals surface area contributed by atoms with E-state index < -0.39 is 12.3 Å². The Balaban J connectivity index is 2.20. The molecule has 5 nitrogen and oxygen atoms in total. The lowest BCUT2D eigenvalue weighted by atomic mass is 10.2. The van der Waals surface area contributed by atoms with Gasteiger partial charge < -0.3 is 9.84 Å². The van der Waals surface area contributed by atoms with Crippen LogP contribution in [0.4, 0.5) is 13.2 Å². The van der Waals surface area contributed by atoms with Crippen molar-refractivity contribution in [2.75, 3.05) is 0 Å². The molecule has 0 aliphatic carbocycles. The Kier molecular flexibility index (Phi) is 3.38. The van der Waals surface area contributed by atoms with Crippen LogP contribution in [0.5, 0.6) is 5.75 Å². The minimum Gasteiger partial charge on any atom is -0.475 e. The Morgan fingerprint density at radius 2 is 1.89 bits per heavy atom. The van der Waals surface area contributed by atoms with Gasteiger partial charge in [-0.2, -0.15) is 4.37 Å². The van der Waals surface area contributed by atoms with E-state index in [-0.39, 0.29) is 11.6 Å². The van der Waals surface area contributed by atoms with E-state index in [0.29, 0.717) is 10.6 Å². The van der Waals surface area contributed by atoms with Crippen LogP contribution in [-0.2, 0) is 0 Å². The van der Waals surface area contributed by atoms with Crippen LogP contribution < -0.4 is 4.74 Å². The number of aromatic carboxylic acids is 1. The molecule has 0 saturated heterocycles. The van der Waals surface area contributed by atoms with Crippen molar-refractivity contribution < 1.29 is 27.8 Å². The van der Waals surface area contributed by atoms with Gasteiger partial charge in [0.05, 0.1) is 0 Å². The molecule has 1 aromatic carbocycles. The zero-order valence-electron chi connectivity index (χ0n) is 9.01. The van der Waals surface area contributed by atoms with Gasteiger partial charge in [0.2, 0.25) is 0 Å². The Morgan fingerprint density at radius 3 is 2.37 bits per heavy atom. The normalized spacial score (nSPS) is 11.3. The van der Waals surface area contributed by atoms with E-state index in [2.05, 4.69) is 14.1 Å². The average Bonchev–Trinajstić information content (AvgIpc) is 2.77. The fraction of sp³-hybridized carbons (Fsp3) is 0.100. The lowest BCUT2D eigenvalue weighted by molar-refractivity contribution is -0.274. The van der Waals surface area contributed by atoms with Crippen molar-refractivity contribution >= 4 is 17.5 Å². The standard InChI is InChI=1S/C10H5F3N2O3S/c11-10(12,13)18-6-3-1-5(2-4-6)8-14-7(9(16)17)15-19-8/h1-4H,(H,16,17). The van der Waals surface area contributed by atoms with E-state index in [1.165, 1.54) is 12.1 Å². The Bertz CT molecular complexity index is 595. The monoisotopic (exact) mass is 290 g/mol. The van der Waals surface area contributed by atoms with Gasteiger partial charge in [0, 0.05) is 5.56 Å². The predicted octanol–water partition coefficient (Wildman–Crippen LogP) is 2.80. The van der Waals surface area contributed by atoms with Crippen molar-refractivity contribution in [3.05, 3.63) is 30.1 Å². The fourth-order valence-electron chi connectivity index (χ4n) is 1.23. The van der Waals surface area contributed by atoms with Crippen LogP contribution in [0, 0.1) is 0 Å². The molecule has 1 aromatic heterocycles. The number of nitrogens with zero attached hydrogens (tertiary/aromatic N) is 2. The highest BCUT2D eigenvalue weighted by Gasteiger charge is 2.31. The number of hydrogen-bond acceptors (Lipinski definition) is 5. The largest absolute Gasteiger partial charge is 0.573 e. The summed E-state index contributed by atoms with van der Waals surface area (Å²) in [6.45, 7) is 0. The molecule has 0 atom stereocenters. The van der Waals surface area contributed by atoms with Gasteiger partial charge in [-0.05, 0) is 35.8 Å². The molecule has 19 heavy (non-hydrogen) atoms. The zero-order valence-corrected chi connectivity index (χ0v) is 9.83. The molecule has 0 saturated carbocycles. The first kappa shape index (κ1) is 13.3. The van der Waals surface area contributed by atoms with Crippen LogP contribution in [-0.4, -0.2) is 26.8 Å². The smallest absolute Gasteiger partial charge is 0.475 e. The molecule has 0 spiro atoms. The second kappa shape index (κ2) is 4.84. The van der Waals surface area contributed by atoms with E-state index in [9.17, 15) is 18.0 Å². The zero-order chi connectivity index (χ0) is 14.0. The minimum atomic E-state index is -4.75. The summed E-state index contributed by atoms with van der Waals surface area (Å²) in [5.74, 6) is -1.98. The van der Waals surface area contributed by atoms with Gasteiger partial charge in [0.15, 0.2) is 0 Å². The lowest BCUT2D eigenvalue weighted by Gasteiger charge is -2.08. The van der Waals surface area contributed by atoms with Crippen molar-refractivity contribution in [1.82, 2.24) is 9.36 Å². The van der Waals surface area contributed by atoms with Gasteiger partial charge in [-0.1, -0.05) is 0 Å². The summed E-state index contributed by atoms with van der Waals surface area (Å²) in [5.41, 5.74) is 0.458. The van der Waals surface area contributed by atoms with Crippen LogP contribution in [0.2, 0.25) is 0 Å².